The van der Waals surface area contributed by atoms with Gasteiger partial charge in [0.1, 0.15) is 60.4 Å². The van der Waals surface area contributed by atoms with Gasteiger partial charge in [0.25, 0.3) is 0 Å². The molecule has 0 aromatic heterocycles. The van der Waals surface area contributed by atoms with E-state index in [1.54, 1.807) is 44.2 Å². The molecule has 0 saturated carbocycles. The molecular formula is C54H94ClN15O13. The van der Waals surface area contributed by atoms with Gasteiger partial charge >= 0.3 is 0 Å². The van der Waals surface area contributed by atoms with Crippen LogP contribution in [0.2, 0.25) is 0 Å². The molecule has 1 aliphatic rings. The van der Waals surface area contributed by atoms with Crippen molar-refractivity contribution in [2.24, 2.45) is 28.9 Å². The predicted molar refractivity (Wildman–Crippen MR) is 311 cm³/mol. The van der Waals surface area contributed by atoms with Gasteiger partial charge in [-0.25, -0.2) is 0 Å². The lowest BCUT2D eigenvalue weighted by atomic mass is 10.00. The third-order valence-corrected chi connectivity index (χ3v) is 13.4. The molecule has 29 heteroatoms. The van der Waals surface area contributed by atoms with E-state index in [1.165, 1.54) is 20.8 Å². The average Bonchev–Trinajstić information content (AvgIpc) is 3.42. The van der Waals surface area contributed by atoms with Crippen LogP contribution in [0.4, 0.5) is 0 Å². The highest BCUT2D eigenvalue weighted by Gasteiger charge is 2.37. The molecule has 2 rings (SSSR count). The Balaban J connectivity index is 0.0000344. The minimum absolute atomic E-state index is 0. The largest absolute Gasteiger partial charge is 0.391 e. The van der Waals surface area contributed by atoms with Gasteiger partial charge in [-0.1, -0.05) is 76.8 Å². The highest BCUT2D eigenvalue weighted by Crippen LogP contribution is 2.12. The summed E-state index contributed by atoms with van der Waals surface area (Å²) in [4.78, 5) is 152. The number of benzene rings is 1. The molecule has 12 atom stereocenters. The van der Waals surface area contributed by atoms with Gasteiger partial charge in [0.15, 0.2) is 0 Å². The van der Waals surface area contributed by atoms with Crippen LogP contribution in [0.1, 0.15) is 124 Å². The SMILES string of the molecule is CCCCCCCC(=O)N[C@@H](CCN)C(=O)N[C@H](C(=O)N[C@@H](CCN)C(=O)N[C@H]1CCNC(=O)[C@H]([C@@H](C)O)NC(=O)[C@H](CCN)NC(=O)[C@H](CCN)NC(=O)[C@H](CC(C)C)NC(=O)[C@@H](Cc2ccccc2)NC(=O)[C@H](C)NC1=O)[C@@H](C)O.Cl. The van der Waals surface area contributed by atoms with Crippen molar-refractivity contribution in [1.82, 2.24) is 58.5 Å². The Morgan fingerprint density at radius 1 is 0.602 bits per heavy atom. The molecule has 1 fully saturated rings. The van der Waals surface area contributed by atoms with Crippen molar-refractivity contribution in [3.05, 3.63) is 35.9 Å². The van der Waals surface area contributed by atoms with Crippen molar-refractivity contribution in [1.29, 1.82) is 0 Å². The van der Waals surface area contributed by atoms with E-state index >= 15 is 0 Å². The molecule has 0 bridgehead atoms. The summed E-state index contributed by atoms with van der Waals surface area (Å²) in [6.07, 6.45) is 0.413. The second kappa shape index (κ2) is 39.8. The molecular weight excluding hydrogens is 1100 g/mol. The van der Waals surface area contributed by atoms with Gasteiger partial charge in [-0.2, -0.15) is 0 Å². The molecule has 21 N–H and O–H groups in total. The van der Waals surface area contributed by atoms with Crippen LogP contribution in [-0.2, 0) is 59.2 Å². The Kier molecular flexibility index (Phi) is 35.7. The first kappa shape index (κ1) is 74.5. The van der Waals surface area contributed by atoms with E-state index in [0.717, 1.165) is 25.7 Å². The topological polar surface area (TPSA) is 465 Å². The number of carbonyl (C=O) groups excluding carboxylic acids is 11. The van der Waals surface area contributed by atoms with Gasteiger partial charge in [0.2, 0.25) is 65.0 Å². The lowest BCUT2D eigenvalue weighted by Crippen LogP contribution is -2.61. The molecule has 28 nitrogen and oxygen atoms in total. The molecule has 83 heavy (non-hydrogen) atoms. The fraction of sp³-hybridized carbons (Fsp3) is 0.685. The number of aliphatic hydroxyl groups is 2. The average molecular weight is 1200 g/mol. The Hall–Kier alpha value is -6.56. The molecule has 11 amide bonds. The standard InChI is InChI=1S/C54H93N15O13.ClH/c1-7-8-9-10-14-17-42(72)61-35(18-23-55)49(77)69-44(33(6)71)54(82)65-37(20-25-57)48(76)64-39-22-27-59-53(81)43(32(5)70)68-50(78)38(21-26-58)62-47(75)36(19-24-56)63-51(79)40(28-30(2)3)67-52(80)41(29-34-15-12-11-13-16-34)66-45(73)31(4)60-46(39)74;/h11-13,15-16,30-33,35-41,43-44,70-71H,7-10,14,17-29,55-58H2,1-6H3,(H,59,81)(H,60,74)(H,61,72)(H,62,75)(H,63,79)(H,64,76)(H,65,82)(H,66,73)(H,67,80)(H,68,78)(H,69,77);1H/t31-,32+,33+,35-,36-,37-,38-,39-,40-,41+,43-,44-;/m0./s1. The first-order chi connectivity index (χ1) is 38.9. The molecule has 1 heterocycles. The summed E-state index contributed by atoms with van der Waals surface area (Å²) in [5.41, 5.74) is 23.9. The molecule has 1 aromatic carbocycles. The normalized spacial score (nSPS) is 22.6. The minimum Gasteiger partial charge on any atom is -0.391 e. The van der Waals surface area contributed by atoms with Crippen LogP contribution in [0.5, 0.6) is 0 Å². The highest BCUT2D eigenvalue weighted by molar-refractivity contribution is 5.99. The number of hydrogen-bond donors (Lipinski definition) is 17. The summed E-state index contributed by atoms with van der Waals surface area (Å²) in [6, 6.07) is -5.95. The van der Waals surface area contributed by atoms with E-state index in [-0.39, 0.29) is 89.4 Å². The zero-order chi connectivity index (χ0) is 61.5. The minimum atomic E-state index is -1.68. The van der Waals surface area contributed by atoms with Crippen LogP contribution < -0.4 is 81.4 Å². The predicted octanol–water partition coefficient (Wildman–Crippen LogP) is -4.40. The summed E-state index contributed by atoms with van der Waals surface area (Å²) >= 11 is 0. The number of hydrogen-bond acceptors (Lipinski definition) is 17. The van der Waals surface area contributed by atoms with Gasteiger partial charge < -0.3 is 91.6 Å². The number of halogens is 1. The van der Waals surface area contributed by atoms with Crippen LogP contribution in [0.3, 0.4) is 0 Å². The van der Waals surface area contributed by atoms with Crippen LogP contribution in [0.15, 0.2) is 30.3 Å². The van der Waals surface area contributed by atoms with Gasteiger partial charge in [0, 0.05) is 19.4 Å². The first-order valence-corrected chi connectivity index (χ1v) is 28.4. The van der Waals surface area contributed by atoms with E-state index < -0.39 is 151 Å². The van der Waals surface area contributed by atoms with Crippen molar-refractivity contribution >= 4 is 77.4 Å². The maximum Gasteiger partial charge on any atom is 0.245 e. The number of amides is 11. The zero-order valence-electron chi connectivity index (χ0n) is 48.7. The number of unbranched alkanes of at least 4 members (excludes halogenated alkanes) is 4. The van der Waals surface area contributed by atoms with E-state index in [9.17, 15) is 63.0 Å². The van der Waals surface area contributed by atoms with Gasteiger partial charge in [-0.15, -0.1) is 12.4 Å². The maximum atomic E-state index is 14.3. The van der Waals surface area contributed by atoms with Gasteiger partial charge in [0.05, 0.1) is 12.2 Å². The van der Waals surface area contributed by atoms with Crippen molar-refractivity contribution in [2.45, 2.75) is 198 Å². The number of rotatable bonds is 27. The van der Waals surface area contributed by atoms with Crippen molar-refractivity contribution in [3.8, 4) is 0 Å². The molecule has 470 valence electrons. The summed E-state index contributed by atoms with van der Waals surface area (Å²) in [7, 11) is 0. The fourth-order valence-corrected chi connectivity index (χ4v) is 8.72. The Labute approximate surface area is 492 Å². The van der Waals surface area contributed by atoms with E-state index in [4.69, 9.17) is 22.9 Å². The first-order valence-electron chi connectivity index (χ1n) is 28.4. The second-order valence-electron chi connectivity index (χ2n) is 21.0. The third kappa shape index (κ3) is 27.1. The van der Waals surface area contributed by atoms with E-state index in [1.807, 2.05) is 0 Å². The van der Waals surface area contributed by atoms with Crippen molar-refractivity contribution in [2.75, 3.05) is 32.7 Å². The molecule has 0 aliphatic carbocycles. The third-order valence-electron chi connectivity index (χ3n) is 13.4. The molecule has 0 spiro atoms. The van der Waals surface area contributed by atoms with Crippen LogP contribution in [-0.4, -0.2) is 181 Å². The number of carbonyl (C=O) groups is 11. The lowest BCUT2D eigenvalue weighted by Gasteiger charge is -2.28. The summed E-state index contributed by atoms with van der Waals surface area (Å²) in [5, 5.41) is 49.4. The summed E-state index contributed by atoms with van der Waals surface area (Å²) in [6.45, 7) is 8.43. The second-order valence-corrected chi connectivity index (χ2v) is 21.0. The van der Waals surface area contributed by atoms with E-state index in [2.05, 4.69) is 65.4 Å². The number of nitrogens with one attached hydrogen (secondary N) is 11. The fourth-order valence-electron chi connectivity index (χ4n) is 8.72. The Morgan fingerprint density at radius 3 is 1.67 bits per heavy atom. The molecule has 1 aliphatic heterocycles. The van der Waals surface area contributed by atoms with Crippen LogP contribution in [0.25, 0.3) is 0 Å². The van der Waals surface area contributed by atoms with Crippen LogP contribution in [0, 0.1) is 5.92 Å². The summed E-state index contributed by atoms with van der Waals surface area (Å²) < 4.78 is 0. The van der Waals surface area contributed by atoms with E-state index in [0.29, 0.717) is 12.0 Å². The monoisotopic (exact) mass is 1200 g/mol. The Bertz CT molecular complexity index is 2250. The molecule has 0 radical (unpaired) electrons. The maximum absolute atomic E-state index is 14.3. The van der Waals surface area contributed by atoms with Gasteiger partial charge in [-0.3, -0.25) is 52.7 Å². The molecule has 1 aromatic rings. The van der Waals surface area contributed by atoms with Crippen LogP contribution >= 0.6 is 12.4 Å². The number of aliphatic hydroxyl groups excluding tert-OH is 2. The quantitative estimate of drug-likeness (QED) is 0.0370. The lowest BCUT2D eigenvalue weighted by molar-refractivity contribution is -0.137. The number of nitrogens with two attached hydrogens (primary N) is 4. The smallest absolute Gasteiger partial charge is 0.245 e. The molecule has 0 unspecified atom stereocenters. The Morgan fingerprint density at radius 2 is 1.13 bits per heavy atom. The zero-order valence-corrected chi connectivity index (χ0v) is 49.5. The van der Waals surface area contributed by atoms with Gasteiger partial charge in [-0.05, 0) is 103 Å². The van der Waals surface area contributed by atoms with Crippen molar-refractivity contribution < 1.29 is 63.0 Å². The summed E-state index contributed by atoms with van der Waals surface area (Å²) in [5.74, 6) is -9.77. The highest BCUT2D eigenvalue weighted by atomic mass is 35.5. The molecule has 1 saturated heterocycles. The van der Waals surface area contributed by atoms with Crippen molar-refractivity contribution in [3.63, 3.8) is 0 Å².